The molecule has 1 atom stereocenters. The summed E-state index contributed by atoms with van der Waals surface area (Å²) in [6, 6.07) is 7.61. The average molecular weight is 235 g/mol. The number of esters is 1. The van der Waals surface area contributed by atoms with Gasteiger partial charge in [-0.25, -0.2) is 4.79 Å². The highest BCUT2D eigenvalue weighted by molar-refractivity contribution is 5.80. The van der Waals surface area contributed by atoms with Crippen molar-refractivity contribution in [2.75, 3.05) is 25.7 Å². The molecule has 1 saturated heterocycles. The summed E-state index contributed by atoms with van der Waals surface area (Å²) in [5.74, 6) is 0.667. The highest BCUT2D eigenvalue weighted by Gasteiger charge is 2.31. The smallest absolute Gasteiger partial charge is 0.328 e. The minimum absolute atomic E-state index is 0.145. The Morgan fingerprint density at radius 3 is 2.59 bits per heavy atom. The second kappa shape index (κ2) is 5.08. The van der Waals surface area contributed by atoms with Gasteiger partial charge in [-0.15, -0.1) is 0 Å². The molecule has 0 spiro atoms. The largest absolute Gasteiger partial charge is 0.497 e. The number of carbonyl (C=O) groups is 1. The van der Waals surface area contributed by atoms with Crippen molar-refractivity contribution in [3.8, 4) is 5.75 Å². The van der Waals surface area contributed by atoms with Crippen molar-refractivity contribution in [2.24, 2.45) is 0 Å². The molecule has 1 aliphatic rings. The Balaban J connectivity index is 2.17. The summed E-state index contributed by atoms with van der Waals surface area (Å²) >= 11 is 0. The molecule has 1 fully saturated rings. The van der Waals surface area contributed by atoms with Gasteiger partial charge in [-0.05, 0) is 37.1 Å². The van der Waals surface area contributed by atoms with Crippen LogP contribution in [0.25, 0.3) is 0 Å². The van der Waals surface area contributed by atoms with Gasteiger partial charge in [-0.1, -0.05) is 0 Å². The molecular formula is C13H17NO3. The van der Waals surface area contributed by atoms with Gasteiger partial charge in [0.2, 0.25) is 0 Å². The lowest BCUT2D eigenvalue weighted by Crippen LogP contribution is -2.36. The second-order valence-electron chi connectivity index (χ2n) is 4.07. The molecule has 0 amide bonds. The van der Waals surface area contributed by atoms with Crippen molar-refractivity contribution in [3.05, 3.63) is 24.3 Å². The lowest BCUT2D eigenvalue weighted by atomic mass is 10.2. The van der Waals surface area contributed by atoms with Crippen LogP contribution in [0.2, 0.25) is 0 Å². The van der Waals surface area contributed by atoms with E-state index in [1.54, 1.807) is 7.11 Å². The normalized spacial score (nSPS) is 19.2. The number of benzene rings is 1. The summed E-state index contributed by atoms with van der Waals surface area (Å²) in [7, 11) is 3.08. The van der Waals surface area contributed by atoms with Crippen LogP contribution in [0, 0.1) is 0 Å². The number of rotatable bonds is 3. The second-order valence-corrected chi connectivity index (χ2v) is 4.07. The van der Waals surface area contributed by atoms with E-state index in [0.29, 0.717) is 0 Å². The van der Waals surface area contributed by atoms with Gasteiger partial charge in [0.05, 0.1) is 14.2 Å². The monoisotopic (exact) mass is 235 g/mol. The maximum Gasteiger partial charge on any atom is 0.328 e. The van der Waals surface area contributed by atoms with Crippen LogP contribution in [-0.4, -0.2) is 32.8 Å². The number of nitrogens with zero attached hydrogens (tertiary/aromatic N) is 1. The van der Waals surface area contributed by atoms with E-state index in [1.807, 2.05) is 24.3 Å². The Hall–Kier alpha value is -1.71. The molecule has 0 unspecified atom stereocenters. The summed E-state index contributed by atoms with van der Waals surface area (Å²) < 4.78 is 9.94. The average Bonchev–Trinajstić information content (AvgIpc) is 2.87. The van der Waals surface area contributed by atoms with Gasteiger partial charge in [0.1, 0.15) is 11.8 Å². The van der Waals surface area contributed by atoms with Crippen LogP contribution in [0.15, 0.2) is 24.3 Å². The van der Waals surface area contributed by atoms with Crippen molar-refractivity contribution in [2.45, 2.75) is 18.9 Å². The van der Waals surface area contributed by atoms with E-state index >= 15 is 0 Å². The molecule has 0 radical (unpaired) electrons. The number of hydrogen-bond acceptors (Lipinski definition) is 4. The lowest BCUT2D eigenvalue weighted by molar-refractivity contribution is -0.141. The minimum atomic E-state index is -0.154. The van der Waals surface area contributed by atoms with Gasteiger partial charge >= 0.3 is 5.97 Å². The molecule has 0 aliphatic carbocycles. The fourth-order valence-corrected chi connectivity index (χ4v) is 2.23. The summed E-state index contributed by atoms with van der Waals surface area (Å²) in [6.07, 6.45) is 1.88. The fourth-order valence-electron chi connectivity index (χ4n) is 2.23. The van der Waals surface area contributed by atoms with Crippen LogP contribution < -0.4 is 9.64 Å². The first-order chi connectivity index (χ1) is 8.26. The van der Waals surface area contributed by atoms with Gasteiger partial charge in [0.15, 0.2) is 0 Å². The lowest BCUT2D eigenvalue weighted by Gasteiger charge is -2.24. The maximum atomic E-state index is 11.6. The zero-order valence-electron chi connectivity index (χ0n) is 10.2. The first-order valence-electron chi connectivity index (χ1n) is 5.75. The van der Waals surface area contributed by atoms with Crippen molar-refractivity contribution >= 4 is 11.7 Å². The molecule has 4 nitrogen and oxygen atoms in total. The van der Waals surface area contributed by atoms with Crippen molar-refractivity contribution in [1.29, 1.82) is 0 Å². The van der Waals surface area contributed by atoms with Gasteiger partial charge < -0.3 is 14.4 Å². The zero-order valence-corrected chi connectivity index (χ0v) is 10.2. The Morgan fingerprint density at radius 2 is 2.00 bits per heavy atom. The molecule has 92 valence electrons. The number of hydrogen-bond donors (Lipinski definition) is 0. The maximum absolute atomic E-state index is 11.6. The topological polar surface area (TPSA) is 38.8 Å². The molecule has 4 heteroatoms. The van der Waals surface area contributed by atoms with E-state index in [9.17, 15) is 4.79 Å². The Bertz CT molecular complexity index is 388. The van der Waals surface area contributed by atoms with Crippen molar-refractivity contribution in [1.82, 2.24) is 0 Å². The van der Waals surface area contributed by atoms with Crippen LogP contribution >= 0.6 is 0 Å². The van der Waals surface area contributed by atoms with Gasteiger partial charge in [-0.3, -0.25) is 0 Å². The molecule has 1 heterocycles. The molecule has 1 aliphatic heterocycles. The highest BCUT2D eigenvalue weighted by atomic mass is 16.5. The third-order valence-corrected chi connectivity index (χ3v) is 3.13. The van der Waals surface area contributed by atoms with Crippen LogP contribution in [-0.2, 0) is 9.53 Å². The molecule has 0 N–H and O–H groups in total. The van der Waals surface area contributed by atoms with E-state index < -0.39 is 0 Å². The number of anilines is 1. The molecular weight excluding hydrogens is 218 g/mol. The van der Waals surface area contributed by atoms with E-state index in [-0.39, 0.29) is 12.0 Å². The van der Waals surface area contributed by atoms with E-state index in [1.165, 1.54) is 7.11 Å². The van der Waals surface area contributed by atoms with Crippen LogP contribution in [0.3, 0.4) is 0 Å². The number of methoxy groups -OCH3 is 2. The molecule has 0 aromatic heterocycles. The number of carbonyl (C=O) groups excluding carboxylic acids is 1. The van der Waals surface area contributed by atoms with Gasteiger partial charge in [0.25, 0.3) is 0 Å². The summed E-state index contributed by atoms with van der Waals surface area (Å²) in [5, 5.41) is 0. The number of ether oxygens (including phenoxy) is 2. The quantitative estimate of drug-likeness (QED) is 0.749. The predicted molar refractivity (Wildman–Crippen MR) is 65.4 cm³/mol. The Morgan fingerprint density at radius 1 is 1.29 bits per heavy atom. The van der Waals surface area contributed by atoms with Crippen molar-refractivity contribution in [3.63, 3.8) is 0 Å². The van der Waals surface area contributed by atoms with E-state index in [2.05, 4.69) is 4.90 Å². The van der Waals surface area contributed by atoms with Crippen LogP contribution in [0.4, 0.5) is 5.69 Å². The molecule has 0 bridgehead atoms. The SMILES string of the molecule is COC(=O)[C@@H]1CCCN1c1ccc(OC)cc1. The third kappa shape index (κ3) is 2.35. The third-order valence-electron chi connectivity index (χ3n) is 3.13. The first-order valence-corrected chi connectivity index (χ1v) is 5.75. The van der Waals surface area contributed by atoms with Crippen LogP contribution in [0.1, 0.15) is 12.8 Å². The van der Waals surface area contributed by atoms with Gasteiger partial charge in [0, 0.05) is 12.2 Å². The van der Waals surface area contributed by atoms with Crippen molar-refractivity contribution < 1.29 is 14.3 Å². The molecule has 1 aromatic rings. The fraction of sp³-hybridized carbons (Fsp3) is 0.462. The summed E-state index contributed by atoms with van der Waals surface area (Å²) in [4.78, 5) is 13.7. The molecule has 0 saturated carbocycles. The molecule has 17 heavy (non-hydrogen) atoms. The Kier molecular flexibility index (Phi) is 3.52. The summed E-state index contributed by atoms with van der Waals surface area (Å²) in [5.41, 5.74) is 1.04. The standard InChI is InChI=1S/C13H17NO3/c1-16-11-7-5-10(6-8-11)14-9-3-4-12(14)13(15)17-2/h5-8,12H,3-4,9H2,1-2H3/t12-/m0/s1. The molecule has 1 aromatic carbocycles. The summed E-state index contributed by atoms with van der Waals surface area (Å²) in [6.45, 7) is 0.895. The van der Waals surface area contributed by atoms with Crippen LogP contribution in [0.5, 0.6) is 5.75 Å². The highest BCUT2D eigenvalue weighted by Crippen LogP contribution is 2.27. The predicted octanol–water partition coefficient (Wildman–Crippen LogP) is 1.84. The van der Waals surface area contributed by atoms with E-state index in [4.69, 9.17) is 9.47 Å². The zero-order chi connectivity index (χ0) is 12.3. The van der Waals surface area contributed by atoms with E-state index in [0.717, 1.165) is 30.8 Å². The first kappa shape index (κ1) is 11.8. The van der Waals surface area contributed by atoms with Gasteiger partial charge in [-0.2, -0.15) is 0 Å². The Labute approximate surface area is 101 Å². The minimum Gasteiger partial charge on any atom is -0.497 e. The molecule has 2 rings (SSSR count).